The molecule has 0 amide bonds. The molecule has 4 heteroatoms. The first-order chi connectivity index (χ1) is 9.63. The largest absolute Gasteiger partial charge is 0.385 e. The molecule has 1 aliphatic heterocycles. The molecule has 104 valence electrons. The Morgan fingerprint density at radius 3 is 3.00 bits per heavy atom. The van der Waals surface area contributed by atoms with Crippen LogP contribution < -0.4 is 5.32 Å². The van der Waals surface area contributed by atoms with Crippen molar-refractivity contribution >= 4 is 11.5 Å². The first kappa shape index (κ1) is 12.9. The number of anilines is 1. The Hall–Kier alpha value is -2.10. The summed E-state index contributed by atoms with van der Waals surface area (Å²) in [6, 6.07) is 7.95. The molecule has 0 bridgehead atoms. The Morgan fingerprint density at radius 1 is 1.40 bits per heavy atom. The molecule has 0 aliphatic carbocycles. The van der Waals surface area contributed by atoms with Gasteiger partial charge in [0.05, 0.1) is 12.1 Å². The zero-order valence-corrected chi connectivity index (χ0v) is 11.9. The fraction of sp³-hybridized carbons (Fsp3) is 0.375. The molecule has 2 heterocycles. The molecule has 0 radical (unpaired) electrons. The van der Waals surface area contributed by atoms with Crippen LogP contribution in [0.4, 0.5) is 5.69 Å². The van der Waals surface area contributed by atoms with Crippen LogP contribution in [0.1, 0.15) is 33.7 Å². The topological polar surface area (TPSA) is 46.9 Å². The molecular formula is C16H19N3O. The summed E-state index contributed by atoms with van der Waals surface area (Å²) in [4.78, 5) is 12.4. The van der Waals surface area contributed by atoms with Gasteiger partial charge in [-0.15, -0.1) is 0 Å². The average Bonchev–Trinajstić information content (AvgIpc) is 2.76. The van der Waals surface area contributed by atoms with Gasteiger partial charge in [0.15, 0.2) is 5.78 Å². The van der Waals surface area contributed by atoms with E-state index in [1.165, 1.54) is 11.3 Å². The molecule has 0 atom stereocenters. The lowest BCUT2D eigenvalue weighted by Gasteiger charge is -2.18. The van der Waals surface area contributed by atoms with Gasteiger partial charge in [0, 0.05) is 30.5 Å². The molecule has 2 aromatic rings. The minimum absolute atomic E-state index is 0.154. The van der Waals surface area contributed by atoms with Gasteiger partial charge in [0.1, 0.15) is 0 Å². The smallest absolute Gasteiger partial charge is 0.168 e. The summed E-state index contributed by atoms with van der Waals surface area (Å²) in [5.41, 5.74) is 5.13. The summed E-state index contributed by atoms with van der Waals surface area (Å²) in [5.74, 6) is 0.154. The Morgan fingerprint density at radius 2 is 2.25 bits per heavy atom. The molecule has 0 fully saturated rings. The van der Waals surface area contributed by atoms with E-state index in [1.54, 1.807) is 4.68 Å². The quantitative estimate of drug-likeness (QED) is 0.871. The Labute approximate surface area is 118 Å². The van der Waals surface area contributed by atoms with E-state index in [-0.39, 0.29) is 5.78 Å². The first-order valence-corrected chi connectivity index (χ1v) is 7.03. The normalized spacial score (nSPS) is 13.7. The molecule has 3 rings (SSSR count). The van der Waals surface area contributed by atoms with E-state index >= 15 is 0 Å². The van der Waals surface area contributed by atoms with E-state index in [9.17, 15) is 4.79 Å². The fourth-order valence-electron chi connectivity index (χ4n) is 2.74. The highest BCUT2D eigenvalue weighted by atomic mass is 16.1. The molecule has 20 heavy (non-hydrogen) atoms. The number of Topliss-reactive ketones (excluding diaryl/α,β-unsaturated/α-hetero) is 1. The number of carbonyl (C=O) groups excluding carboxylic acids is 1. The highest BCUT2D eigenvalue weighted by molar-refractivity contribution is 5.98. The van der Waals surface area contributed by atoms with E-state index in [0.717, 1.165) is 36.3 Å². The van der Waals surface area contributed by atoms with Crippen LogP contribution in [0.15, 0.2) is 24.3 Å². The number of hydrogen-bond donors (Lipinski definition) is 1. The van der Waals surface area contributed by atoms with E-state index in [0.29, 0.717) is 6.42 Å². The van der Waals surface area contributed by atoms with Gasteiger partial charge in [-0.2, -0.15) is 5.10 Å². The van der Waals surface area contributed by atoms with Crippen molar-refractivity contribution in [3.8, 4) is 0 Å². The Kier molecular flexibility index (Phi) is 3.30. The van der Waals surface area contributed by atoms with Gasteiger partial charge >= 0.3 is 0 Å². The number of nitrogens with zero attached hydrogens (tertiary/aromatic N) is 2. The summed E-state index contributed by atoms with van der Waals surface area (Å²) >= 11 is 0. The number of aryl methyl sites for hydroxylation is 3. The van der Waals surface area contributed by atoms with Crippen LogP contribution >= 0.6 is 0 Å². The van der Waals surface area contributed by atoms with E-state index < -0.39 is 0 Å². The van der Waals surface area contributed by atoms with Gasteiger partial charge < -0.3 is 5.32 Å². The summed E-state index contributed by atoms with van der Waals surface area (Å²) in [5, 5.41) is 7.65. The summed E-state index contributed by atoms with van der Waals surface area (Å²) < 4.78 is 1.78. The van der Waals surface area contributed by atoms with Crippen LogP contribution in [0.5, 0.6) is 0 Å². The van der Waals surface area contributed by atoms with Crippen LogP contribution in [0.25, 0.3) is 0 Å². The minimum Gasteiger partial charge on any atom is -0.385 e. The average molecular weight is 269 g/mol. The second-order valence-electron chi connectivity index (χ2n) is 5.40. The predicted octanol–water partition coefficient (Wildman–Crippen LogP) is 2.51. The molecule has 1 N–H and O–H groups in total. The van der Waals surface area contributed by atoms with Crippen LogP contribution in [-0.4, -0.2) is 22.1 Å². The van der Waals surface area contributed by atoms with Crippen LogP contribution in [-0.2, 0) is 19.9 Å². The molecule has 0 saturated heterocycles. The van der Waals surface area contributed by atoms with Crippen molar-refractivity contribution in [2.45, 2.75) is 26.2 Å². The highest BCUT2D eigenvalue weighted by Gasteiger charge is 2.14. The standard InChI is InChI=1S/C16H19N3O/c1-11-8-14(19(2)18-11)10-16(20)13-5-6-15-12(9-13)4-3-7-17-15/h5-6,8-9,17H,3-4,7,10H2,1-2H3. The van der Waals surface area contributed by atoms with Crippen molar-refractivity contribution in [2.24, 2.45) is 7.05 Å². The Balaban J connectivity index is 1.82. The number of fused-ring (bicyclic) bond motifs is 1. The van der Waals surface area contributed by atoms with Gasteiger partial charge in [-0.1, -0.05) is 0 Å². The molecule has 0 spiro atoms. The third kappa shape index (κ3) is 2.46. The summed E-state index contributed by atoms with van der Waals surface area (Å²) in [7, 11) is 1.88. The molecule has 0 saturated carbocycles. The number of carbonyl (C=O) groups is 1. The fourth-order valence-corrected chi connectivity index (χ4v) is 2.74. The lowest BCUT2D eigenvalue weighted by molar-refractivity contribution is 0.0990. The number of ketones is 1. The lowest BCUT2D eigenvalue weighted by Crippen LogP contribution is -2.13. The minimum atomic E-state index is 0.154. The lowest BCUT2D eigenvalue weighted by atomic mass is 9.98. The number of rotatable bonds is 3. The van der Waals surface area contributed by atoms with Crippen molar-refractivity contribution in [3.05, 3.63) is 46.8 Å². The van der Waals surface area contributed by atoms with Crippen LogP contribution in [0, 0.1) is 6.92 Å². The summed E-state index contributed by atoms with van der Waals surface area (Å²) in [6.07, 6.45) is 2.59. The third-order valence-electron chi connectivity index (χ3n) is 3.81. The van der Waals surface area contributed by atoms with E-state index in [1.807, 2.05) is 38.2 Å². The zero-order chi connectivity index (χ0) is 14.1. The van der Waals surface area contributed by atoms with E-state index in [2.05, 4.69) is 10.4 Å². The molecule has 1 aromatic carbocycles. The Bertz CT molecular complexity index is 658. The SMILES string of the molecule is Cc1cc(CC(=O)c2ccc3c(c2)CCCN3)n(C)n1. The molecule has 1 aliphatic rings. The summed E-state index contributed by atoms with van der Waals surface area (Å²) in [6.45, 7) is 2.97. The van der Waals surface area contributed by atoms with E-state index in [4.69, 9.17) is 0 Å². The molecular weight excluding hydrogens is 250 g/mol. The highest BCUT2D eigenvalue weighted by Crippen LogP contribution is 2.23. The van der Waals surface area contributed by atoms with Crippen molar-refractivity contribution in [1.29, 1.82) is 0 Å². The first-order valence-electron chi connectivity index (χ1n) is 7.03. The zero-order valence-electron chi connectivity index (χ0n) is 11.9. The maximum absolute atomic E-state index is 12.4. The molecule has 0 unspecified atom stereocenters. The maximum Gasteiger partial charge on any atom is 0.168 e. The van der Waals surface area contributed by atoms with Crippen molar-refractivity contribution in [1.82, 2.24) is 9.78 Å². The number of hydrogen-bond acceptors (Lipinski definition) is 3. The van der Waals surface area contributed by atoms with Gasteiger partial charge in [-0.3, -0.25) is 9.48 Å². The van der Waals surface area contributed by atoms with Gasteiger partial charge in [0.2, 0.25) is 0 Å². The molecule has 4 nitrogen and oxygen atoms in total. The predicted molar refractivity (Wildman–Crippen MR) is 79.2 cm³/mol. The maximum atomic E-state index is 12.4. The van der Waals surface area contributed by atoms with Gasteiger partial charge in [-0.25, -0.2) is 0 Å². The van der Waals surface area contributed by atoms with Gasteiger partial charge in [0.25, 0.3) is 0 Å². The second kappa shape index (κ2) is 5.12. The monoisotopic (exact) mass is 269 g/mol. The van der Waals surface area contributed by atoms with Crippen molar-refractivity contribution < 1.29 is 4.79 Å². The second-order valence-corrected chi connectivity index (χ2v) is 5.40. The molecule has 1 aromatic heterocycles. The van der Waals surface area contributed by atoms with Crippen molar-refractivity contribution in [2.75, 3.05) is 11.9 Å². The van der Waals surface area contributed by atoms with Crippen LogP contribution in [0.3, 0.4) is 0 Å². The number of nitrogens with one attached hydrogen (secondary N) is 1. The number of aromatic nitrogens is 2. The van der Waals surface area contributed by atoms with Gasteiger partial charge in [-0.05, 0) is 49.6 Å². The number of benzene rings is 1. The van der Waals surface area contributed by atoms with Crippen molar-refractivity contribution in [3.63, 3.8) is 0 Å². The van der Waals surface area contributed by atoms with Crippen LogP contribution in [0.2, 0.25) is 0 Å². The third-order valence-corrected chi connectivity index (χ3v) is 3.81.